The maximum atomic E-state index is 12.2. The van der Waals surface area contributed by atoms with Crippen LogP contribution >= 0.6 is 23.2 Å². The Labute approximate surface area is 128 Å². The minimum absolute atomic E-state index is 0.240. The molecule has 0 bridgehead atoms. The van der Waals surface area contributed by atoms with Gasteiger partial charge in [-0.15, -0.1) is 0 Å². The van der Waals surface area contributed by atoms with Crippen molar-refractivity contribution in [3.05, 3.63) is 33.8 Å². The molecule has 0 spiro atoms. The summed E-state index contributed by atoms with van der Waals surface area (Å²) in [5, 5.41) is 12.8. The van der Waals surface area contributed by atoms with E-state index in [-0.39, 0.29) is 11.8 Å². The molecule has 1 aliphatic carbocycles. The highest BCUT2D eigenvalue weighted by molar-refractivity contribution is 6.36. The Morgan fingerprint density at radius 1 is 1.30 bits per heavy atom. The van der Waals surface area contributed by atoms with E-state index in [1.54, 1.807) is 12.1 Å². The van der Waals surface area contributed by atoms with Gasteiger partial charge in [-0.2, -0.15) is 5.26 Å². The molecular weight excluding hydrogens is 295 g/mol. The molecule has 0 heterocycles. The van der Waals surface area contributed by atoms with Crippen molar-refractivity contribution < 1.29 is 4.79 Å². The number of nitrogens with zero attached hydrogens (tertiary/aromatic N) is 1. The summed E-state index contributed by atoms with van der Waals surface area (Å²) >= 11 is 11.8. The normalized spacial score (nSPS) is 17.2. The van der Waals surface area contributed by atoms with Crippen LogP contribution < -0.4 is 5.32 Å². The van der Waals surface area contributed by atoms with E-state index < -0.39 is 6.04 Å². The van der Waals surface area contributed by atoms with Crippen LogP contribution in [0, 0.1) is 17.2 Å². The Hall–Kier alpha value is -1.24. The third kappa shape index (κ3) is 3.65. The Morgan fingerprint density at radius 3 is 2.60 bits per heavy atom. The van der Waals surface area contributed by atoms with Crippen LogP contribution in [0.1, 0.15) is 42.5 Å². The van der Waals surface area contributed by atoms with Crippen molar-refractivity contribution in [3.63, 3.8) is 0 Å². The number of nitrogens with one attached hydrogen (secondary N) is 1. The molecule has 1 unspecified atom stereocenters. The molecule has 2 rings (SSSR count). The molecule has 1 aromatic rings. The van der Waals surface area contributed by atoms with Crippen molar-refractivity contribution in [2.45, 2.75) is 38.1 Å². The molecule has 20 heavy (non-hydrogen) atoms. The van der Waals surface area contributed by atoms with Crippen molar-refractivity contribution in [3.8, 4) is 6.07 Å². The molecular formula is C15H16Cl2N2O. The lowest BCUT2D eigenvalue weighted by atomic mass is 9.84. The highest BCUT2D eigenvalue weighted by Gasteiger charge is 2.25. The smallest absolute Gasteiger partial charge is 0.253 e. The Kier molecular flexibility index (Phi) is 5.28. The molecule has 3 nitrogen and oxygen atoms in total. The second kappa shape index (κ2) is 6.97. The number of nitriles is 1. The Bertz CT molecular complexity index is 533. The van der Waals surface area contributed by atoms with Gasteiger partial charge in [-0.1, -0.05) is 42.5 Å². The average molecular weight is 311 g/mol. The zero-order valence-electron chi connectivity index (χ0n) is 11.0. The zero-order chi connectivity index (χ0) is 14.5. The first-order valence-corrected chi connectivity index (χ1v) is 7.53. The van der Waals surface area contributed by atoms with Gasteiger partial charge >= 0.3 is 0 Å². The topological polar surface area (TPSA) is 52.9 Å². The van der Waals surface area contributed by atoms with Gasteiger partial charge in [0, 0.05) is 5.02 Å². The summed E-state index contributed by atoms with van der Waals surface area (Å²) in [4.78, 5) is 12.2. The fraction of sp³-hybridized carbons (Fsp3) is 0.467. The van der Waals surface area contributed by atoms with Crippen molar-refractivity contribution in [1.29, 1.82) is 5.26 Å². The van der Waals surface area contributed by atoms with Crippen LogP contribution in [-0.2, 0) is 0 Å². The fourth-order valence-corrected chi connectivity index (χ4v) is 3.11. The van der Waals surface area contributed by atoms with E-state index in [1.807, 2.05) is 0 Å². The van der Waals surface area contributed by atoms with E-state index in [0.29, 0.717) is 15.6 Å². The number of halogens is 2. The number of amides is 1. The number of carbonyl (C=O) groups is 1. The highest BCUT2D eigenvalue weighted by Crippen LogP contribution is 2.27. The molecule has 1 fully saturated rings. The summed E-state index contributed by atoms with van der Waals surface area (Å²) in [5.41, 5.74) is 0.354. The summed E-state index contributed by atoms with van der Waals surface area (Å²) in [6.07, 6.45) is 5.45. The minimum Gasteiger partial charge on any atom is -0.336 e. The first-order chi connectivity index (χ1) is 9.61. The molecule has 1 atom stereocenters. The van der Waals surface area contributed by atoms with Crippen LogP contribution in [0.15, 0.2) is 18.2 Å². The first kappa shape index (κ1) is 15.2. The minimum atomic E-state index is -0.449. The van der Waals surface area contributed by atoms with Crippen LogP contribution in [0.2, 0.25) is 10.0 Å². The molecule has 1 aliphatic rings. The first-order valence-electron chi connectivity index (χ1n) is 6.77. The number of rotatable bonds is 3. The third-order valence-corrected chi connectivity index (χ3v) is 4.27. The maximum Gasteiger partial charge on any atom is 0.253 e. The predicted molar refractivity (Wildman–Crippen MR) is 79.9 cm³/mol. The average Bonchev–Trinajstić information content (AvgIpc) is 2.45. The summed E-state index contributed by atoms with van der Waals surface area (Å²) in [5.74, 6) is -0.0763. The van der Waals surface area contributed by atoms with Gasteiger partial charge in [0.2, 0.25) is 0 Å². The zero-order valence-corrected chi connectivity index (χ0v) is 12.5. The molecule has 5 heteroatoms. The number of benzene rings is 1. The van der Waals surface area contributed by atoms with Crippen LogP contribution in [0.4, 0.5) is 0 Å². The van der Waals surface area contributed by atoms with E-state index >= 15 is 0 Å². The second-order valence-electron chi connectivity index (χ2n) is 5.10. The molecule has 0 aliphatic heterocycles. The quantitative estimate of drug-likeness (QED) is 0.909. The van der Waals surface area contributed by atoms with Crippen LogP contribution in [0.5, 0.6) is 0 Å². The molecule has 1 saturated carbocycles. The van der Waals surface area contributed by atoms with Crippen molar-refractivity contribution in [2.24, 2.45) is 5.92 Å². The predicted octanol–water partition coefficient (Wildman–Crippen LogP) is 4.20. The molecule has 0 aromatic heterocycles. The van der Waals surface area contributed by atoms with E-state index in [9.17, 15) is 10.1 Å². The van der Waals surface area contributed by atoms with Crippen molar-refractivity contribution >= 4 is 29.1 Å². The van der Waals surface area contributed by atoms with Gasteiger partial charge in [0.25, 0.3) is 5.91 Å². The lowest BCUT2D eigenvalue weighted by molar-refractivity contribution is 0.0929. The number of hydrogen-bond acceptors (Lipinski definition) is 2. The van der Waals surface area contributed by atoms with E-state index in [0.717, 1.165) is 25.7 Å². The number of hydrogen-bond donors (Lipinski definition) is 1. The van der Waals surface area contributed by atoms with Gasteiger partial charge in [-0.05, 0) is 37.0 Å². The third-order valence-electron chi connectivity index (χ3n) is 3.72. The molecule has 0 saturated heterocycles. The highest BCUT2D eigenvalue weighted by atomic mass is 35.5. The van der Waals surface area contributed by atoms with Gasteiger partial charge in [0.15, 0.2) is 0 Å². The second-order valence-corrected chi connectivity index (χ2v) is 5.95. The summed E-state index contributed by atoms with van der Waals surface area (Å²) in [7, 11) is 0. The summed E-state index contributed by atoms with van der Waals surface area (Å²) in [6, 6.07) is 6.47. The van der Waals surface area contributed by atoms with Gasteiger partial charge in [0.1, 0.15) is 6.04 Å². The molecule has 1 amide bonds. The lowest BCUT2D eigenvalue weighted by Crippen LogP contribution is -2.40. The fourth-order valence-electron chi connectivity index (χ4n) is 2.62. The summed E-state index contributed by atoms with van der Waals surface area (Å²) < 4.78 is 0. The largest absolute Gasteiger partial charge is 0.336 e. The van der Waals surface area contributed by atoms with E-state index in [2.05, 4.69) is 11.4 Å². The monoisotopic (exact) mass is 310 g/mol. The molecule has 106 valence electrons. The van der Waals surface area contributed by atoms with Crippen LogP contribution in [0.3, 0.4) is 0 Å². The lowest BCUT2D eigenvalue weighted by Gasteiger charge is -2.26. The molecule has 1 N–H and O–H groups in total. The van der Waals surface area contributed by atoms with Crippen molar-refractivity contribution in [1.82, 2.24) is 5.32 Å². The van der Waals surface area contributed by atoms with Crippen LogP contribution in [-0.4, -0.2) is 11.9 Å². The standard InChI is InChI=1S/C15H16Cl2N2O/c16-11-6-7-12(13(17)8-11)15(20)19-14(9-18)10-4-2-1-3-5-10/h6-8,10,14H,1-5H2,(H,19,20). The summed E-state index contributed by atoms with van der Waals surface area (Å²) in [6.45, 7) is 0. The van der Waals surface area contributed by atoms with Gasteiger partial charge in [-0.3, -0.25) is 4.79 Å². The Morgan fingerprint density at radius 2 is 2.00 bits per heavy atom. The Balaban J connectivity index is 2.07. The SMILES string of the molecule is N#CC(NC(=O)c1ccc(Cl)cc1Cl)C1CCCCC1. The molecule has 1 aromatic carbocycles. The number of carbonyl (C=O) groups excluding carboxylic acids is 1. The van der Waals surface area contributed by atoms with Crippen LogP contribution in [0.25, 0.3) is 0 Å². The van der Waals surface area contributed by atoms with Gasteiger partial charge < -0.3 is 5.32 Å². The van der Waals surface area contributed by atoms with E-state index in [1.165, 1.54) is 12.5 Å². The molecule has 0 radical (unpaired) electrons. The van der Waals surface area contributed by atoms with E-state index in [4.69, 9.17) is 23.2 Å². The maximum absolute atomic E-state index is 12.2. The van der Waals surface area contributed by atoms with Gasteiger partial charge in [-0.25, -0.2) is 0 Å². The van der Waals surface area contributed by atoms with Gasteiger partial charge in [0.05, 0.1) is 16.7 Å². The van der Waals surface area contributed by atoms with Crippen molar-refractivity contribution in [2.75, 3.05) is 0 Å².